The van der Waals surface area contributed by atoms with E-state index in [9.17, 15) is 4.79 Å². The number of ether oxygens (including phenoxy) is 2. The third-order valence-electron chi connectivity index (χ3n) is 5.45. The molecule has 0 bridgehead atoms. The number of halogens is 1. The lowest BCUT2D eigenvalue weighted by atomic mass is 9.99. The third-order valence-corrected chi connectivity index (χ3v) is 5.73. The van der Waals surface area contributed by atoms with E-state index in [1.807, 2.05) is 6.07 Å². The van der Waals surface area contributed by atoms with Gasteiger partial charge in [0.25, 0.3) is 0 Å². The number of benzene rings is 2. The lowest BCUT2D eigenvalue weighted by Gasteiger charge is -2.33. The number of rotatable bonds is 5. The van der Waals surface area contributed by atoms with E-state index in [-0.39, 0.29) is 12.1 Å². The predicted molar refractivity (Wildman–Crippen MR) is 113 cm³/mol. The Morgan fingerprint density at radius 2 is 1.97 bits per heavy atom. The summed E-state index contributed by atoms with van der Waals surface area (Å²) >= 11 is 6.25. The molecule has 0 saturated heterocycles. The molecule has 0 spiro atoms. The highest BCUT2D eigenvalue weighted by Gasteiger charge is 2.21. The van der Waals surface area contributed by atoms with Gasteiger partial charge in [-0.15, -0.1) is 0 Å². The molecule has 1 unspecified atom stereocenters. The molecule has 2 aromatic carbocycles. The first-order valence-corrected chi connectivity index (χ1v) is 10.4. The second-order valence-electron chi connectivity index (χ2n) is 7.50. The number of nitrogens with zero attached hydrogens (tertiary/aromatic N) is 1. The number of hydrogen-bond donors (Lipinski definition) is 2. The first-order chi connectivity index (χ1) is 14.1. The van der Waals surface area contributed by atoms with Gasteiger partial charge in [0.15, 0.2) is 11.5 Å². The molecule has 6 nitrogen and oxygen atoms in total. The molecule has 0 fully saturated rings. The average molecular weight is 416 g/mol. The van der Waals surface area contributed by atoms with Crippen LogP contribution in [-0.2, 0) is 19.5 Å². The SMILES string of the molecule is CC(CNC(=O)NCc1cc(Cl)c2c(c1)OCCO2)N1CCc2ccccc2C1. The lowest BCUT2D eigenvalue weighted by molar-refractivity contribution is 0.171. The smallest absolute Gasteiger partial charge is 0.315 e. The molecule has 0 aliphatic carbocycles. The summed E-state index contributed by atoms with van der Waals surface area (Å²) in [4.78, 5) is 14.7. The molecule has 29 heavy (non-hydrogen) atoms. The number of nitrogens with one attached hydrogen (secondary N) is 2. The summed E-state index contributed by atoms with van der Waals surface area (Å²) < 4.78 is 11.1. The maximum Gasteiger partial charge on any atom is 0.315 e. The predicted octanol–water partition coefficient (Wildman–Crippen LogP) is 3.36. The van der Waals surface area contributed by atoms with Crippen LogP contribution in [0.1, 0.15) is 23.6 Å². The number of hydrogen-bond acceptors (Lipinski definition) is 4. The molecule has 2 aliphatic rings. The van der Waals surface area contributed by atoms with Crippen molar-refractivity contribution in [2.75, 3.05) is 26.3 Å². The van der Waals surface area contributed by atoms with Crippen molar-refractivity contribution < 1.29 is 14.3 Å². The molecule has 154 valence electrons. The fourth-order valence-corrected chi connectivity index (χ4v) is 4.06. The van der Waals surface area contributed by atoms with Gasteiger partial charge in [-0.2, -0.15) is 0 Å². The highest BCUT2D eigenvalue weighted by molar-refractivity contribution is 6.32. The molecule has 2 aliphatic heterocycles. The minimum Gasteiger partial charge on any atom is -0.486 e. The van der Waals surface area contributed by atoms with Gasteiger partial charge in [-0.3, -0.25) is 4.90 Å². The van der Waals surface area contributed by atoms with Crippen molar-refractivity contribution in [1.82, 2.24) is 15.5 Å². The molecule has 0 saturated carbocycles. The van der Waals surface area contributed by atoms with E-state index in [0.29, 0.717) is 42.8 Å². The van der Waals surface area contributed by atoms with Crippen LogP contribution in [0.15, 0.2) is 36.4 Å². The molecule has 7 heteroatoms. The number of fused-ring (bicyclic) bond motifs is 2. The van der Waals surface area contributed by atoms with Crippen molar-refractivity contribution in [2.45, 2.75) is 32.5 Å². The molecule has 2 amide bonds. The molecule has 0 aromatic heterocycles. The maximum atomic E-state index is 12.2. The van der Waals surface area contributed by atoms with Gasteiger partial charge in [0.2, 0.25) is 0 Å². The van der Waals surface area contributed by atoms with E-state index < -0.39 is 0 Å². The fourth-order valence-electron chi connectivity index (χ4n) is 3.77. The highest BCUT2D eigenvalue weighted by Crippen LogP contribution is 2.38. The Morgan fingerprint density at radius 1 is 1.17 bits per heavy atom. The van der Waals surface area contributed by atoms with Gasteiger partial charge in [-0.25, -0.2) is 4.79 Å². The van der Waals surface area contributed by atoms with E-state index in [0.717, 1.165) is 25.1 Å². The van der Waals surface area contributed by atoms with Gasteiger partial charge in [0.05, 0.1) is 5.02 Å². The Bertz CT molecular complexity index is 890. The molecule has 2 N–H and O–H groups in total. The molecular formula is C22H26ClN3O3. The Morgan fingerprint density at radius 3 is 2.83 bits per heavy atom. The van der Waals surface area contributed by atoms with Crippen LogP contribution in [0, 0.1) is 0 Å². The van der Waals surface area contributed by atoms with Crippen LogP contribution in [0.4, 0.5) is 4.79 Å². The van der Waals surface area contributed by atoms with Crippen LogP contribution in [0.2, 0.25) is 5.02 Å². The summed E-state index contributed by atoms with van der Waals surface area (Å²) in [6, 6.07) is 12.3. The molecule has 4 rings (SSSR count). The Balaban J connectivity index is 1.25. The standard InChI is InChI=1S/C22H26ClN3O3/c1-15(26-7-6-17-4-2-3-5-18(17)14-26)12-24-22(27)25-13-16-10-19(23)21-20(11-16)28-8-9-29-21/h2-5,10-11,15H,6-9,12-14H2,1H3,(H2,24,25,27). The molecule has 0 radical (unpaired) electrons. The largest absolute Gasteiger partial charge is 0.486 e. The zero-order valence-corrected chi connectivity index (χ0v) is 17.3. The third kappa shape index (κ3) is 4.77. The first-order valence-electron chi connectivity index (χ1n) is 10.0. The van der Waals surface area contributed by atoms with E-state index >= 15 is 0 Å². The fraction of sp³-hybridized carbons (Fsp3) is 0.409. The minimum atomic E-state index is -0.194. The highest BCUT2D eigenvalue weighted by atomic mass is 35.5. The van der Waals surface area contributed by atoms with Crippen LogP contribution >= 0.6 is 11.6 Å². The van der Waals surface area contributed by atoms with Gasteiger partial charge in [0.1, 0.15) is 13.2 Å². The molecule has 2 aromatic rings. The van der Waals surface area contributed by atoms with Crippen molar-refractivity contribution in [2.24, 2.45) is 0 Å². The molecule has 2 heterocycles. The van der Waals surface area contributed by atoms with Crippen molar-refractivity contribution in [3.05, 3.63) is 58.1 Å². The average Bonchev–Trinajstić information content (AvgIpc) is 2.75. The number of urea groups is 1. The summed E-state index contributed by atoms with van der Waals surface area (Å²) in [6.07, 6.45) is 1.05. The Labute approximate surface area is 176 Å². The van der Waals surface area contributed by atoms with Crippen molar-refractivity contribution in [1.29, 1.82) is 0 Å². The molecular weight excluding hydrogens is 390 g/mol. The second kappa shape index (κ2) is 8.93. The first kappa shape index (κ1) is 19.9. The number of carbonyl (C=O) groups excluding carboxylic acids is 1. The van der Waals surface area contributed by atoms with E-state index in [1.54, 1.807) is 6.07 Å². The zero-order valence-electron chi connectivity index (χ0n) is 16.5. The Kier molecular flexibility index (Phi) is 6.11. The van der Waals surface area contributed by atoms with Gasteiger partial charge in [-0.1, -0.05) is 35.9 Å². The van der Waals surface area contributed by atoms with Gasteiger partial charge in [-0.05, 0) is 42.2 Å². The summed E-state index contributed by atoms with van der Waals surface area (Å²) in [5.41, 5.74) is 3.68. The van der Waals surface area contributed by atoms with Gasteiger partial charge < -0.3 is 20.1 Å². The van der Waals surface area contributed by atoms with Gasteiger partial charge in [0, 0.05) is 32.2 Å². The van der Waals surface area contributed by atoms with Crippen LogP contribution in [0.3, 0.4) is 0 Å². The van der Waals surface area contributed by atoms with Gasteiger partial charge >= 0.3 is 6.03 Å². The monoisotopic (exact) mass is 415 g/mol. The van der Waals surface area contributed by atoms with Crippen LogP contribution < -0.4 is 20.1 Å². The van der Waals surface area contributed by atoms with Crippen molar-refractivity contribution >= 4 is 17.6 Å². The normalized spacial score (nSPS) is 16.6. The number of carbonyl (C=O) groups is 1. The van der Waals surface area contributed by atoms with Crippen LogP contribution in [0.5, 0.6) is 11.5 Å². The molecule has 1 atom stereocenters. The zero-order chi connectivity index (χ0) is 20.2. The topological polar surface area (TPSA) is 62.8 Å². The summed E-state index contributed by atoms with van der Waals surface area (Å²) in [6.45, 7) is 6.04. The summed E-state index contributed by atoms with van der Waals surface area (Å²) in [7, 11) is 0. The van der Waals surface area contributed by atoms with Crippen molar-refractivity contribution in [3.8, 4) is 11.5 Å². The minimum absolute atomic E-state index is 0.194. The lowest BCUT2D eigenvalue weighted by Crippen LogP contribution is -2.46. The van der Waals surface area contributed by atoms with E-state index in [2.05, 4.69) is 46.7 Å². The quantitative estimate of drug-likeness (QED) is 0.786. The van der Waals surface area contributed by atoms with Crippen LogP contribution in [0.25, 0.3) is 0 Å². The Hall–Kier alpha value is -2.44. The number of amides is 2. The summed E-state index contributed by atoms with van der Waals surface area (Å²) in [5.74, 6) is 1.20. The summed E-state index contributed by atoms with van der Waals surface area (Å²) in [5, 5.41) is 6.35. The van der Waals surface area contributed by atoms with Crippen molar-refractivity contribution in [3.63, 3.8) is 0 Å². The van der Waals surface area contributed by atoms with Crippen LogP contribution in [-0.4, -0.2) is 43.3 Å². The van der Waals surface area contributed by atoms with E-state index in [1.165, 1.54) is 11.1 Å². The van der Waals surface area contributed by atoms with E-state index in [4.69, 9.17) is 21.1 Å². The second-order valence-corrected chi connectivity index (χ2v) is 7.91. The maximum absolute atomic E-state index is 12.2.